The van der Waals surface area contributed by atoms with Crippen molar-refractivity contribution >= 4 is 5.97 Å². The topological polar surface area (TPSA) is 52.6 Å². The SMILES string of the molecule is CCN(C)CCNCc1ccccc1C(=O)O. The highest BCUT2D eigenvalue weighted by Crippen LogP contribution is 2.07. The molecule has 4 nitrogen and oxygen atoms in total. The minimum atomic E-state index is -0.868. The quantitative estimate of drug-likeness (QED) is 0.703. The van der Waals surface area contributed by atoms with Crippen LogP contribution in [0.5, 0.6) is 0 Å². The molecule has 0 saturated carbocycles. The van der Waals surface area contributed by atoms with Gasteiger partial charge in [0.2, 0.25) is 0 Å². The summed E-state index contributed by atoms with van der Waals surface area (Å²) in [6.45, 7) is 5.55. The van der Waals surface area contributed by atoms with Gasteiger partial charge in [-0.3, -0.25) is 0 Å². The zero-order valence-electron chi connectivity index (χ0n) is 10.4. The molecule has 0 atom stereocenters. The number of benzene rings is 1. The maximum absolute atomic E-state index is 11.0. The Bertz CT molecular complexity index is 366. The van der Waals surface area contributed by atoms with Gasteiger partial charge in [-0.25, -0.2) is 4.79 Å². The third-order valence-electron chi connectivity index (χ3n) is 2.77. The molecule has 0 aromatic heterocycles. The van der Waals surface area contributed by atoms with E-state index in [0.29, 0.717) is 12.1 Å². The van der Waals surface area contributed by atoms with Crippen molar-refractivity contribution in [3.63, 3.8) is 0 Å². The number of carboxylic acid groups (broad SMARTS) is 1. The molecular formula is C13H20N2O2. The molecular weight excluding hydrogens is 216 g/mol. The predicted octanol–water partition coefficient (Wildman–Crippen LogP) is 1.43. The van der Waals surface area contributed by atoms with Gasteiger partial charge in [0.1, 0.15) is 0 Å². The van der Waals surface area contributed by atoms with Crippen molar-refractivity contribution in [3.8, 4) is 0 Å². The molecule has 0 aliphatic heterocycles. The van der Waals surface area contributed by atoms with Gasteiger partial charge >= 0.3 is 5.97 Å². The van der Waals surface area contributed by atoms with E-state index in [1.54, 1.807) is 12.1 Å². The van der Waals surface area contributed by atoms with Crippen LogP contribution in [0.1, 0.15) is 22.8 Å². The van der Waals surface area contributed by atoms with E-state index in [0.717, 1.165) is 25.2 Å². The van der Waals surface area contributed by atoms with Gasteiger partial charge in [0.25, 0.3) is 0 Å². The maximum Gasteiger partial charge on any atom is 0.336 e. The molecule has 1 aromatic carbocycles. The number of hydrogen-bond acceptors (Lipinski definition) is 3. The van der Waals surface area contributed by atoms with Gasteiger partial charge in [-0.05, 0) is 25.2 Å². The summed E-state index contributed by atoms with van der Waals surface area (Å²) in [7, 11) is 2.06. The van der Waals surface area contributed by atoms with Crippen LogP contribution in [0.15, 0.2) is 24.3 Å². The Balaban J connectivity index is 2.44. The van der Waals surface area contributed by atoms with Crippen molar-refractivity contribution in [2.75, 3.05) is 26.7 Å². The molecule has 2 N–H and O–H groups in total. The smallest absolute Gasteiger partial charge is 0.336 e. The van der Waals surface area contributed by atoms with E-state index in [1.165, 1.54) is 0 Å². The third-order valence-corrected chi connectivity index (χ3v) is 2.77. The van der Waals surface area contributed by atoms with Crippen LogP contribution in [0, 0.1) is 0 Å². The van der Waals surface area contributed by atoms with Crippen molar-refractivity contribution in [1.82, 2.24) is 10.2 Å². The molecule has 4 heteroatoms. The average Bonchev–Trinajstić information content (AvgIpc) is 2.34. The first-order valence-electron chi connectivity index (χ1n) is 5.85. The second-order valence-electron chi connectivity index (χ2n) is 4.03. The lowest BCUT2D eigenvalue weighted by Crippen LogP contribution is -2.29. The van der Waals surface area contributed by atoms with Crippen LogP contribution in [0.25, 0.3) is 0 Å². The van der Waals surface area contributed by atoms with Crippen molar-refractivity contribution < 1.29 is 9.90 Å². The van der Waals surface area contributed by atoms with Gasteiger partial charge < -0.3 is 15.3 Å². The lowest BCUT2D eigenvalue weighted by atomic mass is 10.1. The van der Waals surface area contributed by atoms with Crippen LogP contribution in [0.4, 0.5) is 0 Å². The molecule has 94 valence electrons. The predicted molar refractivity (Wildman–Crippen MR) is 68.3 cm³/mol. The van der Waals surface area contributed by atoms with Crippen LogP contribution < -0.4 is 5.32 Å². The number of carboxylic acids is 1. The number of carbonyl (C=O) groups is 1. The highest BCUT2D eigenvalue weighted by molar-refractivity contribution is 5.89. The zero-order valence-corrected chi connectivity index (χ0v) is 10.4. The molecule has 0 fully saturated rings. The second kappa shape index (κ2) is 7.04. The van der Waals surface area contributed by atoms with Crippen LogP contribution in [0.2, 0.25) is 0 Å². The number of likely N-dealkylation sites (N-methyl/N-ethyl adjacent to an activating group) is 1. The van der Waals surface area contributed by atoms with Crippen LogP contribution in [-0.4, -0.2) is 42.7 Å². The Kier molecular flexibility index (Phi) is 5.66. The first-order valence-corrected chi connectivity index (χ1v) is 5.85. The fourth-order valence-electron chi connectivity index (χ4n) is 1.53. The Morgan fingerprint density at radius 3 is 2.76 bits per heavy atom. The highest BCUT2D eigenvalue weighted by atomic mass is 16.4. The van der Waals surface area contributed by atoms with Crippen molar-refractivity contribution in [2.45, 2.75) is 13.5 Å². The minimum absolute atomic E-state index is 0.379. The molecule has 0 aliphatic rings. The monoisotopic (exact) mass is 236 g/mol. The molecule has 0 saturated heterocycles. The summed E-state index contributed by atoms with van der Waals surface area (Å²) in [6.07, 6.45) is 0. The average molecular weight is 236 g/mol. The van der Waals surface area contributed by atoms with E-state index in [-0.39, 0.29) is 0 Å². The first-order chi connectivity index (χ1) is 8.15. The number of nitrogens with zero attached hydrogens (tertiary/aromatic N) is 1. The third kappa shape index (κ3) is 4.54. The number of nitrogens with one attached hydrogen (secondary N) is 1. The van der Waals surface area contributed by atoms with E-state index in [2.05, 4.69) is 24.2 Å². The van der Waals surface area contributed by atoms with E-state index < -0.39 is 5.97 Å². The van der Waals surface area contributed by atoms with Gasteiger partial charge in [-0.2, -0.15) is 0 Å². The minimum Gasteiger partial charge on any atom is -0.478 e. The van der Waals surface area contributed by atoms with E-state index >= 15 is 0 Å². The fraction of sp³-hybridized carbons (Fsp3) is 0.462. The standard InChI is InChI=1S/C13H20N2O2/c1-3-15(2)9-8-14-10-11-6-4-5-7-12(11)13(16)17/h4-7,14H,3,8-10H2,1-2H3,(H,16,17). The molecule has 0 unspecified atom stereocenters. The Labute approximate surface area is 102 Å². The summed E-state index contributed by atoms with van der Waals surface area (Å²) in [5, 5.41) is 12.3. The Morgan fingerprint density at radius 1 is 1.41 bits per heavy atom. The van der Waals surface area contributed by atoms with Gasteiger partial charge in [0, 0.05) is 19.6 Å². The highest BCUT2D eigenvalue weighted by Gasteiger charge is 2.07. The summed E-state index contributed by atoms with van der Waals surface area (Å²) in [5.41, 5.74) is 1.21. The van der Waals surface area contributed by atoms with Crippen molar-refractivity contribution in [2.24, 2.45) is 0 Å². The van der Waals surface area contributed by atoms with E-state index in [4.69, 9.17) is 5.11 Å². The molecule has 1 rings (SSSR count). The van der Waals surface area contributed by atoms with Gasteiger partial charge in [0.15, 0.2) is 0 Å². The lowest BCUT2D eigenvalue weighted by Gasteiger charge is -2.14. The molecule has 0 bridgehead atoms. The summed E-state index contributed by atoms with van der Waals surface area (Å²) in [4.78, 5) is 13.2. The molecule has 0 radical (unpaired) electrons. The molecule has 0 amide bonds. The van der Waals surface area contributed by atoms with Crippen LogP contribution >= 0.6 is 0 Å². The molecule has 1 aromatic rings. The lowest BCUT2D eigenvalue weighted by molar-refractivity contribution is 0.0695. The number of rotatable bonds is 7. The van der Waals surface area contributed by atoms with Crippen LogP contribution in [-0.2, 0) is 6.54 Å². The van der Waals surface area contributed by atoms with Gasteiger partial charge in [0.05, 0.1) is 5.56 Å². The first kappa shape index (κ1) is 13.7. The maximum atomic E-state index is 11.0. The molecule has 0 aliphatic carbocycles. The summed E-state index contributed by atoms with van der Waals surface area (Å²) in [6, 6.07) is 7.09. The van der Waals surface area contributed by atoms with Crippen molar-refractivity contribution in [1.29, 1.82) is 0 Å². The second-order valence-corrected chi connectivity index (χ2v) is 4.03. The molecule has 0 heterocycles. The Hall–Kier alpha value is -1.39. The largest absolute Gasteiger partial charge is 0.478 e. The number of hydrogen-bond donors (Lipinski definition) is 2. The van der Waals surface area contributed by atoms with Crippen LogP contribution in [0.3, 0.4) is 0 Å². The molecule has 17 heavy (non-hydrogen) atoms. The zero-order chi connectivity index (χ0) is 12.7. The number of aromatic carboxylic acids is 1. The fourth-order valence-corrected chi connectivity index (χ4v) is 1.53. The van der Waals surface area contributed by atoms with E-state index in [9.17, 15) is 4.79 Å². The Morgan fingerprint density at radius 2 is 2.12 bits per heavy atom. The van der Waals surface area contributed by atoms with Gasteiger partial charge in [-0.15, -0.1) is 0 Å². The normalized spacial score (nSPS) is 10.8. The summed E-state index contributed by atoms with van der Waals surface area (Å²) >= 11 is 0. The van der Waals surface area contributed by atoms with Crippen molar-refractivity contribution in [3.05, 3.63) is 35.4 Å². The molecule has 0 spiro atoms. The van der Waals surface area contributed by atoms with E-state index in [1.807, 2.05) is 12.1 Å². The summed E-state index contributed by atoms with van der Waals surface area (Å²) in [5.74, 6) is -0.868. The van der Waals surface area contributed by atoms with Gasteiger partial charge in [-0.1, -0.05) is 25.1 Å². The summed E-state index contributed by atoms with van der Waals surface area (Å²) < 4.78 is 0.